The van der Waals surface area contributed by atoms with Crippen molar-refractivity contribution in [2.45, 2.75) is 25.9 Å². The molecule has 0 aliphatic carbocycles. The fraction of sp³-hybridized carbons (Fsp3) is 0.292. The smallest absolute Gasteiger partial charge is 0.335 e. The van der Waals surface area contributed by atoms with Gasteiger partial charge in [-0.2, -0.15) is 10.2 Å². The Bertz CT molecular complexity index is 1450. The van der Waals surface area contributed by atoms with E-state index in [4.69, 9.17) is 9.84 Å². The van der Waals surface area contributed by atoms with Gasteiger partial charge in [-0.1, -0.05) is 0 Å². The van der Waals surface area contributed by atoms with E-state index in [9.17, 15) is 18.4 Å². The largest absolute Gasteiger partial charge is 0.478 e. The Hall–Kier alpha value is -4.39. The molecule has 1 amide bonds. The van der Waals surface area contributed by atoms with Crippen LogP contribution in [0.25, 0.3) is 11.3 Å². The maximum atomic E-state index is 13.7. The van der Waals surface area contributed by atoms with Crippen molar-refractivity contribution >= 4 is 29.0 Å². The standard InChI is InChI=1S/C24H23F2N7O4/c1-2-37-16-7-9-31(12-16)19-8-10-32-22(29-19)17(11-27-32)23(34)28-18-13-33(30-20(18)21(25)26)15-5-3-14(4-6-15)24(35)36/h3-6,8,10-11,13,16,21H,2,7,9,12H2,1H3,(H,28,34)(H,35,36). The molecule has 2 N–H and O–H groups in total. The predicted molar refractivity (Wildman–Crippen MR) is 129 cm³/mol. The summed E-state index contributed by atoms with van der Waals surface area (Å²) in [6.45, 7) is 4.01. The number of hydrogen-bond donors (Lipinski definition) is 2. The number of carbonyl (C=O) groups excluding carboxylic acids is 1. The van der Waals surface area contributed by atoms with Crippen molar-refractivity contribution in [2.24, 2.45) is 0 Å². The number of aromatic nitrogens is 5. The Labute approximate surface area is 209 Å². The molecular weight excluding hydrogens is 488 g/mol. The first kappa shape index (κ1) is 24.3. The third kappa shape index (κ3) is 4.85. The molecule has 5 rings (SSSR count). The van der Waals surface area contributed by atoms with Crippen LogP contribution in [-0.4, -0.2) is 67.2 Å². The van der Waals surface area contributed by atoms with E-state index in [-0.39, 0.29) is 28.6 Å². The maximum Gasteiger partial charge on any atom is 0.335 e. The van der Waals surface area contributed by atoms with Gasteiger partial charge in [0.2, 0.25) is 0 Å². The van der Waals surface area contributed by atoms with Gasteiger partial charge in [-0.15, -0.1) is 0 Å². The average Bonchev–Trinajstić information content (AvgIpc) is 3.62. The minimum atomic E-state index is -2.96. The number of hydrogen-bond acceptors (Lipinski definition) is 7. The molecule has 0 spiro atoms. The van der Waals surface area contributed by atoms with E-state index in [1.165, 1.54) is 41.2 Å². The summed E-state index contributed by atoms with van der Waals surface area (Å²) in [5, 5.41) is 19.6. The molecule has 4 heterocycles. The van der Waals surface area contributed by atoms with Crippen molar-refractivity contribution in [2.75, 3.05) is 29.9 Å². The Morgan fingerprint density at radius 1 is 1.24 bits per heavy atom. The summed E-state index contributed by atoms with van der Waals surface area (Å²) in [4.78, 5) is 30.8. The number of rotatable bonds is 8. The zero-order valence-electron chi connectivity index (χ0n) is 19.7. The summed E-state index contributed by atoms with van der Waals surface area (Å²) in [6, 6.07) is 7.33. The van der Waals surface area contributed by atoms with Crippen LogP contribution in [0.4, 0.5) is 20.3 Å². The number of carbonyl (C=O) groups is 2. The normalized spacial score (nSPS) is 15.6. The lowest BCUT2D eigenvalue weighted by molar-refractivity contribution is 0.0696. The lowest BCUT2D eigenvalue weighted by Crippen LogP contribution is -2.24. The van der Waals surface area contributed by atoms with Gasteiger partial charge in [0.25, 0.3) is 12.3 Å². The molecule has 192 valence electrons. The molecule has 3 aromatic heterocycles. The van der Waals surface area contributed by atoms with Crippen LogP contribution < -0.4 is 10.2 Å². The number of halogens is 2. The van der Waals surface area contributed by atoms with Crippen molar-refractivity contribution in [3.05, 3.63) is 65.7 Å². The SMILES string of the molecule is CCOC1CCN(c2ccn3ncc(C(=O)Nc4cn(-c5ccc(C(=O)O)cc5)nc4C(F)F)c3n2)C1. The molecule has 1 aliphatic rings. The van der Waals surface area contributed by atoms with E-state index in [1.807, 2.05) is 6.92 Å². The molecule has 0 bridgehead atoms. The number of nitrogens with one attached hydrogen (secondary N) is 1. The minimum absolute atomic E-state index is 0.0424. The molecule has 11 nitrogen and oxygen atoms in total. The van der Waals surface area contributed by atoms with Crippen LogP contribution >= 0.6 is 0 Å². The average molecular weight is 511 g/mol. The first-order chi connectivity index (χ1) is 17.8. The van der Waals surface area contributed by atoms with Crippen LogP contribution in [0, 0.1) is 0 Å². The second-order valence-electron chi connectivity index (χ2n) is 8.40. The second kappa shape index (κ2) is 9.93. The van der Waals surface area contributed by atoms with Crippen molar-refractivity contribution < 1.29 is 28.2 Å². The number of anilines is 2. The van der Waals surface area contributed by atoms with E-state index >= 15 is 0 Å². The molecule has 1 aliphatic heterocycles. The van der Waals surface area contributed by atoms with Gasteiger partial charge in [0, 0.05) is 25.9 Å². The summed E-state index contributed by atoms with van der Waals surface area (Å²) in [5.74, 6) is -1.12. The van der Waals surface area contributed by atoms with Gasteiger partial charge in [0.05, 0.1) is 35.4 Å². The number of ether oxygens (including phenoxy) is 1. The van der Waals surface area contributed by atoms with Crippen LogP contribution in [0.15, 0.2) is 48.9 Å². The zero-order valence-corrected chi connectivity index (χ0v) is 19.7. The summed E-state index contributed by atoms with van der Waals surface area (Å²) in [7, 11) is 0. The lowest BCUT2D eigenvalue weighted by Gasteiger charge is -2.17. The fourth-order valence-corrected chi connectivity index (χ4v) is 4.23. The maximum absolute atomic E-state index is 13.7. The molecule has 1 unspecified atom stereocenters. The number of carboxylic acids is 1. The van der Waals surface area contributed by atoms with Gasteiger partial charge in [-0.3, -0.25) is 4.79 Å². The van der Waals surface area contributed by atoms with Gasteiger partial charge in [0.15, 0.2) is 11.3 Å². The number of amides is 1. The molecule has 1 aromatic carbocycles. The fourth-order valence-electron chi connectivity index (χ4n) is 4.23. The topological polar surface area (TPSA) is 127 Å². The third-order valence-corrected chi connectivity index (χ3v) is 6.05. The predicted octanol–water partition coefficient (Wildman–Crippen LogP) is 3.42. The quantitative estimate of drug-likeness (QED) is 0.369. The highest BCUT2D eigenvalue weighted by molar-refractivity contribution is 6.08. The summed E-state index contributed by atoms with van der Waals surface area (Å²) < 4.78 is 35.8. The molecule has 1 saturated heterocycles. The van der Waals surface area contributed by atoms with E-state index in [1.54, 1.807) is 12.3 Å². The van der Waals surface area contributed by atoms with Crippen LogP contribution in [-0.2, 0) is 4.74 Å². The molecule has 1 atom stereocenters. The number of benzene rings is 1. The summed E-state index contributed by atoms with van der Waals surface area (Å²) in [5.41, 5.74) is -0.0190. The van der Waals surface area contributed by atoms with E-state index in [2.05, 4.69) is 25.4 Å². The number of nitrogens with zero attached hydrogens (tertiary/aromatic N) is 6. The number of carboxylic acid groups (broad SMARTS) is 1. The highest BCUT2D eigenvalue weighted by Crippen LogP contribution is 2.28. The van der Waals surface area contributed by atoms with Crippen molar-refractivity contribution in [1.82, 2.24) is 24.4 Å². The number of aromatic carboxylic acids is 1. The van der Waals surface area contributed by atoms with Crippen LogP contribution in [0.2, 0.25) is 0 Å². The van der Waals surface area contributed by atoms with Gasteiger partial charge in [0.1, 0.15) is 11.4 Å². The molecule has 37 heavy (non-hydrogen) atoms. The summed E-state index contributed by atoms with van der Waals surface area (Å²) >= 11 is 0. The van der Waals surface area contributed by atoms with E-state index < -0.39 is 24.0 Å². The number of fused-ring (bicyclic) bond motifs is 1. The van der Waals surface area contributed by atoms with Crippen molar-refractivity contribution in [3.63, 3.8) is 0 Å². The number of alkyl halides is 2. The Kier molecular flexibility index (Phi) is 6.53. The molecule has 4 aromatic rings. The van der Waals surface area contributed by atoms with E-state index in [0.717, 1.165) is 17.6 Å². The van der Waals surface area contributed by atoms with Crippen molar-refractivity contribution in [1.29, 1.82) is 0 Å². The second-order valence-corrected chi connectivity index (χ2v) is 8.40. The molecule has 0 saturated carbocycles. The highest BCUT2D eigenvalue weighted by atomic mass is 19.3. The van der Waals surface area contributed by atoms with Crippen LogP contribution in [0.3, 0.4) is 0 Å². The Morgan fingerprint density at radius 3 is 2.73 bits per heavy atom. The minimum Gasteiger partial charge on any atom is -0.478 e. The van der Waals surface area contributed by atoms with Crippen LogP contribution in [0.1, 0.15) is 46.2 Å². The van der Waals surface area contributed by atoms with Crippen molar-refractivity contribution in [3.8, 4) is 5.69 Å². The van der Waals surface area contributed by atoms with Gasteiger partial charge in [-0.05, 0) is 43.7 Å². The van der Waals surface area contributed by atoms with Crippen LogP contribution in [0.5, 0.6) is 0 Å². The molecule has 1 fully saturated rings. The highest BCUT2D eigenvalue weighted by Gasteiger charge is 2.26. The van der Waals surface area contributed by atoms with E-state index in [0.29, 0.717) is 24.7 Å². The zero-order chi connectivity index (χ0) is 26.1. The van der Waals surface area contributed by atoms with Gasteiger partial charge >= 0.3 is 5.97 Å². The molecule has 13 heteroatoms. The first-order valence-corrected chi connectivity index (χ1v) is 11.6. The Morgan fingerprint density at radius 2 is 2.03 bits per heavy atom. The first-order valence-electron chi connectivity index (χ1n) is 11.6. The lowest BCUT2D eigenvalue weighted by atomic mass is 10.2. The summed E-state index contributed by atoms with van der Waals surface area (Å²) in [6.07, 6.45) is 2.28. The molecular formula is C24H23F2N7O4. The molecule has 0 radical (unpaired) electrons. The van der Waals surface area contributed by atoms with Gasteiger partial charge < -0.3 is 20.1 Å². The van der Waals surface area contributed by atoms with Gasteiger partial charge in [-0.25, -0.2) is 27.8 Å². The monoisotopic (exact) mass is 511 g/mol. The third-order valence-electron chi connectivity index (χ3n) is 6.05. The Balaban J connectivity index is 1.40.